The molecule has 3 nitrogen and oxygen atoms in total. The number of oxazole rings is 1. The first-order valence-corrected chi connectivity index (χ1v) is 6.70. The molecule has 0 unspecified atom stereocenters. The van der Waals surface area contributed by atoms with Gasteiger partial charge in [0.1, 0.15) is 5.82 Å². The number of hydrogen-bond donors (Lipinski definition) is 1. The van der Waals surface area contributed by atoms with Gasteiger partial charge in [0.15, 0.2) is 11.7 Å². The topological polar surface area (TPSA) is 38.1 Å². The summed E-state index contributed by atoms with van der Waals surface area (Å²) < 4.78 is 19.2. The Morgan fingerprint density at radius 1 is 1.37 bits per heavy atom. The Morgan fingerprint density at radius 2 is 2.21 bits per heavy atom. The smallest absolute Gasteiger partial charge is 0.196 e. The van der Waals surface area contributed by atoms with E-state index in [1.54, 1.807) is 12.1 Å². The van der Waals surface area contributed by atoms with Gasteiger partial charge in [-0.25, -0.2) is 9.37 Å². The van der Waals surface area contributed by atoms with Crippen molar-refractivity contribution in [2.75, 3.05) is 13.1 Å². The molecule has 0 saturated carbocycles. The Balaban J connectivity index is 2.08. The van der Waals surface area contributed by atoms with E-state index in [4.69, 9.17) is 16.0 Å². The van der Waals surface area contributed by atoms with Crippen molar-refractivity contribution in [2.45, 2.75) is 19.8 Å². The summed E-state index contributed by atoms with van der Waals surface area (Å²) in [6.07, 6.45) is 3.27. The molecule has 0 fully saturated rings. The van der Waals surface area contributed by atoms with Crippen LogP contribution in [-0.4, -0.2) is 18.1 Å². The number of benzene rings is 1. The standard InChI is InChI=1S/C14H16ClFN2O/c1-2-7-17-8-6-13-18-9-12(19-13)14-10(15)4-3-5-11(14)16/h3-5,9,17H,2,6-8H2,1H3. The number of nitrogens with one attached hydrogen (secondary N) is 1. The van der Waals surface area contributed by atoms with Gasteiger partial charge in [-0.1, -0.05) is 24.6 Å². The number of rotatable bonds is 6. The van der Waals surface area contributed by atoms with Crippen molar-refractivity contribution in [3.8, 4) is 11.3 Å². The first-order chi connectivity index (χ1) is 9.22. The molecule has 1 aromatic heterocycles. The summed E-state index contributed by atoms with van der Waals surface area (Å²) in [5.41, 5.74) is 0.268. The molecule has 0 bridgehead atoms. The Labute approximate surface area is 116 Å². The van der Waals surface area contributed by atoms with E-state index < -0.39 is 5.82 Å². The van der Waals surface area contributed by atoms with E-state index in [9.17, 15) is 4.39 Å². The van der Waals surface area contributed by atoms with Crippen LogP contribution in [0.2, 0.25) is 5.02 Å². The van der Waals surface area contributed by atoms with Gasteiger partial charge in [-0.05, 0) is 25.1 Å². The zero-order valence-corrected chi connectivity index (χ0v) is 11.5. The molecule has 0 aliphatic rings. The van der Waals surface area contributed by atoms with Crippen LogP contribution in [0.3, 0.4) is 0 Å². The molecular formula is C14H16ClFN2O. The average molecular weight is 283 g/mol. The summed E-state index contributed by atoms with van der Waals surface area (Å²) in [5.74, 6) is 0.547. The van der Waals surface area contributed by atoms with Crippen molar-refractivity contribution in [3.05, 3.63) is 41.1 Å². The fourth-order valence-corrected chi connectivity index (χ4v) is 2.03. The monoisotopic (exact) mass is 282 g/mol. The molecule has 102 valence electrons. The van der Waals surface area contributed by atoms with Gasteiger partial charge in [-0.3, -0.25) is 0 Å². The minimum absolute atomic E-state index is 0.268. The number of hydrogen-bond acceptors (Lipinski definition) is 3. The van der Waals surface area contributed by atoms with Crippen LogP contribution in [0.15, 0.2) is 28.8 Å². The molecule has 1 heterocycles. The van der Waals surface area contributed by atoms with Crippen LogP contribution in [0.5, 0.6) is 0 Å². The SMILES string of the molecule is CCCNCCc1ncc(-c2c(F)cccc2Cl)o1. The summed E-state index contributed by atoms with van der Waals surface area (Å²) in [5, 5.41) is 3.58. The van der Waals surface area contributed by atoms with Gasteiger partial charge in [-0.2, -0.15) is 0 Å². The fourth-order valence-electron chi connectivity index (χ4n) is 1.77. The van der Waals surface area contributed by atoms with E-state index in [1.165, 1.54) is 12.3 Å². The van der Waals surface area contributed by atoms with Crippen LogP contribution >= 0.6 is 11.6 Å². The van der Waals surface area contributed by atoms with Gasteiger partial charge in [0.25, 0.3) is 0 Å². The van der Waals surface area contributed by atoms with Crippen molar-refractivity contribution < 1.29 is 8.81 Å². The predicted octanol–water partition coefficient (Wildman–Crippen LogP) is 3.68. The summed E-state index contributed by atoms with van der Waals surface area (Å²) in [4.78, 5) is 4.14. The fraction of sp³-hybridized carbons (Fsp3) is 0.357. The molecule has 5 heteroatoms. The second kappa shape index (κ2) is 6.68. The zero-order valence-electron chi connectivity index (χ0n) is 10.7. The van der Waals surface area contributed by atoms with Crippen LogP contribution in [0.4, 0.5) is 4.39 Å². The van der Waals surface area contributed by atoms with Crippen LogP contribution in [-0.2, 0) is 6.42 Å². The molecule has 0 atom stereocenters. The lowest BCUT2D eigenvalue weighted by Gasteiger charge is -2.02. The highest BCUT2D eigenvalue weighted by atomic mass is 35.5. The highest BCUT2D eigenvalue weighted by molar-refractivity contribution is 6.33. The summed E-state index contributed by atoms with van der Waals surface area (Å²) in [6, 6.07) is 4.55. The first-order valence-electron chi connectivity index (χ1n) is 6.32. The average Bonchev–Trinajstić information content (AvgIpc) is 2.83. The molecule has 19 heavy (non-hydrogen) atoms. The van der Waals surface area contributed by atoms with Crippen LogP contribution in [0.25, 0.3) is 11.3 Å². The van der Waals surface area contributed by atoms with E-state index in [1.807, 2.05) is 0 Å². The molecule has 2 rings (SSSR count). The highest BCUT2D eigenvalue weighted by Gasteiger charge is 2.14. The molecule has 0 spiro atoms. The Morgan fingerprint density at radius 3 is 2.95 bits per heavy atom. The van der Waals surface area contributed by atoms with Gasteiger partial charge in [0, 0.05) is 13.0 Å². The lowest BCUT2D eigenvalue weighted by molar-refractivity contribution is 0.492. The minimum Gasteiger partial charge on any atom is -0.441 e. The predicted molar refractivity (Wildman–Crippen MR) is 73.8 cm³/mol. The van der Waals surface area contributed by atoms with Gasteiger partial charge < -0.3 is 9.73 Å². The third kappa shape index (κ3) is 3.55. The molecule has 0 aliphatic carbocycles. The van der Waals surface area contributed by atoms with Crippen molar-refractivity contribution in [1.82, 2.24) is 10.3 Å². The molecule has 1 aromatic carbocycles. The maximum absolute atomic E-state index is 13.7. The summed E-state index contributed by atoms with van der Waals surface area (Å²) >= 11 is 5.98. The van der Waals surface area contributed by atoms with Crippen LogP contribution in [0.1, 0.15) is 19.2 Å². The van der Waals surface area contributed by atoms with Crippen molar-refractivity contribution >= 4 is 11.6 Å². The van der Waals surface area contributed by atoms with E-state index in [2.05, 4.69) is 17.2 Å². The molecule has 0 aliphatic heterocycles. The molecule has 0 radical (unpaired) electrons. The quantitative estimate of drug-likeness (QED) is 0.822. The van der Waals surface area contributed by atoms with Crippen LogP contribution in [0, 0.1) is 5.82 Å². The Kier molecular flexibility index (Phi) is 4.93. The van der Waals surface area contributed by atoms with E-state index >= 15 is 0 Å². The molecule has 0 saturated heterocycles. The second-order valence-electron chi connectivity index (χ2n) is 4.21. The van der Waals surface area contributed by atoms with Gasteiger partial charge in [0.05, 0.1) is 16.8 Å². The maximum atomic E-state index is 13.7. The van der Waals surface area contributed by atoms with Gasteiger partial charge in [-0.15, -0.1) is 0 Å². The molecule has 1 N–H and O–H groups in total. The number of nitrogens with zero attached hydrogens (tertiary/aromatic N) is 1. The third-order valence-electron chi connectivity index (χ3n) is 2.71. The molecular weight excluding hydrogens is 267 g/mol. The Hall–Kier alpha value is -1.39. The first kappa shape index (κ1) is 14.0. The van der Waals surface area contributed by atoms with Crippen molar-refractivity contribution in [3.63, 3.8) is 0 Å². The summed E-state index contributed by atoms with van der Waals surface area (Å²) in [7, 11) is 0. The molecule has 0 amide bonds. The number of aromatic nitrogens is 1. The van der Waals surface area contributed by atoms with Gasteiger partial charge >= 0.3 is 0 Å². The van der Waals surface area contributed by atoms with E-state index in [-0.39, 0.29) is 5.56 Å². The highest BCUT2D eigenvalue weighted by Crippen LogP contribution is 2.30. The van der Waals surface area contributed by atoms with Crippen molar-refractivity contribution in [2.24, 2.45) is 0 Å². The largest absolute Gasteiger partial charge is 0.441 e. The second-order valence-corrected chi connectivity index (χ2v) is 4.62. The number of halogens is 2. The van der Waals surface area contributed by atoms with E-state index in [0.717, 1.165) is 19.5 Å². The van der Waals surface area contributed by atoms with E-state index in [0.29, 0.717) is 23.1 Å². The lowest BCUT2D eigenvalue weighted by atomic mass is 10.2. The normalized spacial score (nSPS) is 10.9. The maximum Gasteiger partial charge on any atom is 0.196 e. The van der Waals surface area contributed by atoms with Crippen LogP contribution < -0.4 is 5.32 Å². The summed E-state index contributed by atoms with van der Waals surface area (Å²) in [6.45, 7) is 3.86. The zero-order chi connectivity index (χ0) is 13.7. The lowest BCUT2D eigenvalue weighted by Crippen LogP contribution is -2.17. The molecule has 2 aromatic rings. The Bertz CT molecular complexity index is 522. The third-order valence-corrected chi connectivity index (χ3v) is 3.02. The minimum atomic E-state index is -0.403. The van der Waals surface area contributed by atoms with Crippen molar-refractivity contribution in [1.29, 1.82) is 0 Å². The van der Waals surface area contributed by atoms with Gasteiger partial charge in [0.2, 0.25) is 0 Å².